The first-order chi connectivity index (χ1) is 11.6. The van der Waals surface area contributed by atoms with Crippen LogP contribution in [-0.4, -0.2) is 15.9 Å². The minimum atomic E-state index is 0.363. The highest BCUT2D eigenvalue weighted by Gasteiger charge is 2.04. The zero-order valence-electron chi connectivity index (χ0n) is 13.8. The van der Waals surface area contributed by atoms with E-state index in [2.05, 4.69) is 29.1 Å². The number of hydrogen-bond acceptors (Lipinski definition) is 4. The average molecular weight is 320 g/mol. The van der Waals surface area contributed by atoms with Crippen molar-refractivity contribution in [3.05, 3.63) is 77.1 Å². The summed E-state index contributed by atoms with van der Waals surface area (Å²) in [6.45, 7) is 4.47. The third kappa shape index (κ3) is 3.63. The number of aromatic nitrogens is 2. The smallest absolute Gasteiger partial charge is 0.221 e. The molecule has 5 heteroatoms. The number of anilines is 1. The molecule has 0 aliphatic heterocycles. The van der Waals surface area contributed by atoms with Crippen LogP contribution < -0.4 is 10.5 Å². The number of aryl methyl sites for hydroxylation is 2. The Hall–Kier alpha value is -3.08. The van der Waals surface area contributed by atoms with Crippen LogP contribution in [0.3, 0.4) is 0 Å². The molecule has 0 spiro atoms. The van der Waals surface area contributed by atoms with Crippen LogP contribution in [0.5, 0.6) is 5.75 Å². The minimum absolute atomic E-state index is 0.363. The molecule has 0 fully saturated rings. The SMILES string of the molecule is Cc1cn(N=Cc2ccccc2OCc2ccccc2C)c(N)n1. The van der Waals surface area contributed by atoms with Crippen LogP contribution in [0.2, 0.25) is 0 Å². The molecule has 0 amide bonds. The Morgan fingerprint density at radius 3 is 2.62 bits per heavy atom. The number of imidazole rings is 1. The van der Waals surface area contributed by atoms with Gasteiger partial charge in [0.2, 0.25) is 5.95 Å². The van der Waals surface area contributed by atoms with E-state index in [4.69, 9.17) is 10.5 Å². The van der Waals surface area contributed by atoms with E-state index in [9.17, 15) is 0 Å². The maximum atomic E-state index is 5.98. The molecule has 0 bridgehead atoms. The summed E-state index contributed by atoms with van der Waals surface area (Å²) in [6, 6.07) is 16.0. The molecule has 0 atom stereocenters. The fraction of sp³-hybridized carbons (Fsp3) is 0.158. The third-order valence-corrected chi connectivity index (χ3v) is 3.72. The molecule has 0 aliphatic rings. The second-order valence-electron chi connectivity index (χ2n) is 5.58. The van der Waals surface area contributed by atoms with Gasteiger partial charge in [-0.2, -0.15) is 5.10 Å². The number of nitrogens with zero attached hydrogens (tertiary/aromatic N) is 3. The monoisotopic (exact) mass is 320 g/mol. The van der Waals surface area contributed by atoms with E-state index in [0.29, 0.717) is 12.6 Å². The lowest BCUT2D eigenvalue weighted by atomic mass is 10.1. The van der Waals surface area contributed by atoms with Gasteiger partial charge in [-0.25, -0.2) is 9.66 Å². The Bertz CT molecular complexity index is 867. The molecule has 2 N–H and O–H groups in total. The summed E-state index contributed by atoms with van der Waals surface area (Å²) in [5, 5.41) is 4.35. The zero-order valence-corrected chi connectivity index (χ0v) is 13.8. The van der Waals surface area contributed by atoms with Crippen LogP contribution in [0.1, 0.15) is 22.4 Å². The first kappa shape index (κ1) is 15.8. The Kier molecular flexibility index (Phi) is 4.61. The van der Waals surface area contributed by atoms with Crippen molar-refractivity contribution in [1.29, 1.82) is 0 Å². The lowest BCUT2D eigenvalue weighted by molar-refractivity contribution is 0.305. The molecule has 1 heterocycles. The highest BCUT2D eigenvalue weighted by molar-refractivity contribution is 5.83. The van der Waals surface area contributed by atoms with Crippen molar-refractivity contribution in [1.82, 2.24) is 9.66 Å². The molecular formula is C19H20N4O. The Balaban J connectivity index is 1.78. The van der Waals surface area contributed by atoms with E-state index >= 15 is 0 Å². The first-order valence-electron chi connectivity index (χ1n) is 7.75. The molecule has 0 saturated heterocycles. The largest absolute Gasteiger partial charge is 0.488 e. The van der Waals surface area contributed by atoms with Crippen molar-refractivity contribution in [3.8, 4) is 5.75 Å². The van der Waals surface area contributed by atoms with Gasteiger partial charge in [-0.15, -0.1) is 0 Å². The van der Waals surface area contributed by atoms with Crippen LogP contribution in [-0.2, 0) is 6.61 Å². The van der Waals surface area contributed by atoms with Crippen molar-refractivity contribution in [2.24, 2.45) is 5.10 Å². The van der Waals surface area contributed by atoms with Crippen LogP contribution in [0.25, 0.3) is 0 Å². The molecule has 3 aromatic rings. The number of hydrogen-bond donors (Lipinski definition) is 1. The maximum absolute atomic E-state index is 5.98. The van der Waals surface area contributed by atoms with Gasteiger partial charge in [0.1, 0.15) is 12.4 Å². The summed E-state index contributed by atoms with van der Waals surface area (Å²) in [5.41, 5.74) is 9.89. The van der Waals surface area contributed by atoms with E-state index in [1.165, 1.54) is 11.1 Å². The van der Waals surface area contributed by atoms with E-state index in [-0.39, 0.29) is 0 Å². The number of rotatable bonds is 5. The molecule has 0 saturated carbocycles. The van der Waals surface area contributed by atoms with E-state index < -0.39 is 0 Å². The topological polar surface area (TPSA) is 65.4 Å². The van der Waals surface area contributed by atoms with Gasteiger partial charge in [-0.3, -0.25) is 0 Å². The normalized spacial score (nSPS) is 11.1. The van der Waals surface area contributed by atoms with Crippen molar-refractivity contribution in [2.75, 3.05) is 5.73 Å². The summed E-state index contributed by atoms with van der Waals surface area (Å²) >= 11 is 0. The van der Waals surface area contributed by atoms with Crippen LogP contribution in [0.15, 0.2) is 59.8 Å². The highest BCUT2D eigenvalue weighted by Crippen LogP contribution is 2.19. The van der Waals surface area contributed by atoms with Gasteiger partial charge in [-0.1, -0.05) is 36.4 Å². The summed E-state index contributed by atoms with van der Waals surface area (Å²) in [6.07, 6.45) is 3.51. The molecule has 0 unspecified atom stereocenters. The fourth-order valence-corrected chi connectivity index (χ4v) is 2.37. The minimum Gasteiger partial charge on any atom is -0.488 e. The predicted octanol–water partition coefficient (Wildman–Crippen LogP) is 3.54. The predicted molar refractivity (Wildman–Crippen MR) is 96.3 cm³/mol. The highest BCUT2D eigenvalue weighted by atomic mass is 16.5. The summed E-state index contributed by atoms with van der Waals surface area (Å²) in [5.74, 6) is 1.14. The lowest BCUT2D eigenvalue weighted by Gasteiger charge is -2.10. The number of nitrogens with two attached hydrogens (primary N) is 1. The number of ether oxygens (including phenoxy) is 1. The maximum Gasteiger partial charge on any atom is 0.221 e. The third-order valence-electron chi connectivity index (χ3n) is 3.72. The molecular weight excluding hydrogens is 300 g/mol. The van der Waals surface area contributed by atoms with E-state index in [0.717, 1.165) is 17.0 Å². The average Bonchev–Trinajstić information content (AvgIpc) is 2.90. The lowest BCUT2D eigenvalue weighted by Crippen LogP contribution is -2.01. The van der Waals surface area contributed by atoms with Gasteiger partial charge in [0.05, 0.1) is 18.1 Å². The Morgan fingerprint density at radius 1 is 1.12 bits per heavy atom. The quantitative estimate of drug-likeness (QED) is 0.731. The van der Waals surface area contributed by atoms with Crippen LogP contribution >= 0.6 is 0 Å². The first-order valence-corrected chi connectivity index (χ1v) is 7.75. The molecule has 24 heavy (non-hydrogen) atoms. The fourth-order valence-electron chi connectivity index (χ4n) is 2.37. The summed E-state index contributed by atoms with van der Waals surface area (Å²) in [7, 11) is 0. The van der Waals surface area contributed by atoms with Gasteiger partial charge in [0.25, 0.3) is 0 Å². The van der Waals surface area contributed by atoms with Crippen LogP contribution in [0, 0.1) is 13.8 Å². The van der Waals surface area contributed by atoms with E-state index in [1.807, 2.05) is 43.3 Å². The molecule has 3 rings (SSSR count). The van der Waals surface area contributed by atoms with Crippen molar-refractivity contribution in [3.63, 3.8) is 0 Å². The van der Waals surface area contributed by atoms with E-state index in [1.54, 1.807) is 17.1 Å². The van der Waals surface area contributed by atoms with Crippen molar-refractivity contribution in [2.45, 2.75) is 20.5 Å². The molecule has 2 aromatic carbocycles. The Morgan fingerprint density at radius 2 is 1.88 bits per heavy atom. The second-order valence-corrected chi connectivity index (χ2v) is 5.58. The molecule has 1 aromatic heterocycles. The van der Waals surface area contributed by atoms with Gasteiger partial charge in [-0.05, 0) is 37.1 Å². The van der Waals surface area contributed by atoms with Crippen molar-refractivity contribution < 1.29 is 4.74 Å². The number of para-hydroxylation sites is 1. The van der Waals surface area contributed by atoms with Gasteiger partial charge >= 0.3 is 0 Å². The summed E-state index contributed by atoms with van der Waals surface area (Å²) < 4.78 is 7.53. The zero-order chi connectivity index (χ0) is 16.9. The van der Waals surface area contributed by atoms with Crippen molar-refractivity contribution >= 4 is 12.2 Å². The van der Waals surface area contributed by atoms with Crippen LogP contribution in [0.4, 0.5) is 5.95 Å². The molecule has 122 valence electrons. The number of nitrogen functional groups attached to an aromatic ring is 1. The standard InChI is InChI=1S/C19H20N4O/c1-14-7-3-4-9-17(14)13-24-18-10-6-5-8-16(18)11-21-23-12-15(2)22-19(23)20/h3-12H,13H2,1-2H3,(H2,20,22). The van der Waals surface area contributed by atoms with Gasteiger partial charge in [0, 0.05) is 5.56 Å². The molecule has 0 radical (unpaired) electrons. The number of benzene rings is 2. The molecule has 5 nitrogen and oxygen atoms in total. The van der Waals surface area contributed by atoms with Gasteiger partial charge in [0.15, 0.2) is 0 Å². The Labute approximate surface area is 141 Å². The van der Waals surface area contributed by atoms with Gasteiger partial charge < -0.3 is 10.5 Å². The molecule has 0 aliphatic carbocycles. The second kappa shape index (κ2) is 7.00. The summed E-state index contributed by atoms with van der Waals surface area (Å²) in [4.78, 5) is 4.13.